The van der Waals surface area contributed by atoms with Gasteiger partial charge in [-0.25, -0.2) is 9.80 Å². The molecule has 0 bridgehead atoms. The number of carbonyl (C=O) groups excluding carboxylic acids is 2. The van der Waals surface area contributed by atoms with Gasteiger partial charge in [0.05, 0.1) is 0 Å². The molecule has 6 heteroatoms. The number of amides is 3. The van der Waals surface area contributed by atoms with Crippen molar-refractivity contribution in [3.05, 3.63) is 34.9 Å². The maximum Gasteiger partial charge on any atom is 0.336 e. The Morgan fingerprint density at radius 1 is 1.40 bits per heavy atom. The number of benzene rings is 1. The molecule has 1 saturated heterocycles. The Balaban J connectivity index is 1.60. The number of halogens is 1. The van der Waals surface area contributed by atoms with Crippen LogP contribution in [0.4, 0.5) is 4.79 Å². The topological polar surface area (TPSA) is 61.4 Å². The van der Waals surface area contributed by atoms with Crippen molar-refractivity contribution < 1.29 is 9.59 Å². The summed E-state index contributed by atoms with van der Waals surface area (Å²) in [6.07, 6.45) is 1.62. The molecule has 0 spiro atoms. The van der Waals surface area contributed by atoms with Crippen molar-refractivity contribution in [3.63, 3.8) is 0 Å². The first-order chi connectivity index (χ1) is 9.66. The summed E-state index contributed by atoms with van der Waals surface area (Å²) in [5, 5.41) is 4.75. The molecule has 1 aliphatic heterocycles. The van der Waals surface area contributed by atoms with Gasteiger partial charge in [0.1, 0.15) is 0 Å². The Labute approximate surface area is 122 Å². The number of hydrogen-bond donors (Lipinski definition) is 2. The van der Waals surface area contributed by atoms with Crippen molar-refractivity contribution in [2.24, 2.45) is 5.92 Å². The second-order valence-electron chi connectivity index (χ2n) is 5.18. The molecule has 0 aromatic heterocycles. The van der Waals surface area contributed by atoms with Crippen molar-refractivity contribution in [1.82, 2.24) is 15.8 Å². The number of hydrogen-bond acceptors (Lipinski definition) is 2. The fraction of sp³-hybridized carbons (Fsp3) is 0.429. The highest BCUT2D eigenvalue weighted by atomic mass is 35.5. The molecule has 1 saturated carbocycles. The summed E-state index contributed by atoms with van der Waals surface area (Å²) < 4.78 is 0. The number of carbonyl (C=O) groups is 2. The molecule has 3 amide bonds. The third-order valence-corrected chi connectivity index (χ3v) is 4.10. The van der Waals surface area contributed by atoms with E-state index in [4.69, 9.17) is 11.6 Å². The Morgan fingerprint density at radius 3 is 2.95 bits per heavy atom. The standard InChI is InChI=1S/C14H16ClN3O2/c15-12-5-2-1-4-9(12)10-8-11(10)13(19)17-18-7-3-6-16-14(18)20/h1-2,4-5,10-11H,3,6-8H2,(H,16,20)(H,17,19)/t10-,11+/m0/s1. The third kappa shape index (κ3) is 2.58. The highest BCUT2D eigenvalue weighted by molar-refractivity contribution is 6.31. The molecule has 2 fully saturated rings. The molecule has 20 heavy (non-hydrogen) atoms. The van der Waals surface area contributed by atoms with E-state index >= 15 is 0 Å². The van der Waals surface area contributed by atoms with E-state index in [1.54, 1.807) is 0 Å². The Morgan fingerprint density at radius 2 is 2.20 bits per heavy atom. The lowest BCUT2D eigenvalue weighted by Gasteiger charge is -2.27. The fourth-order valence-electron chi connectivity index (χ4n) is 2.56. The van der Waals surface area contributed by atoms with Crippen molar-refractivity contribution in [2.75, 3.05) is 13.1 Å². The maximum absolute atomic E-state index is 12.1. The van der Waals surface area contributed by atoms with Gasteiger partial charge in [0.25, 0.3) is 0 Å². The highest BCUT2D eigenvalue weighted by Gasteiger charge is 2.45. The Bertz CT molecular complexity index is 549. The molecule has 2 atom stereocenters. The minimum Gasteiger partial charge on any atom is -0.336 e. The predicted molar refractivity (Wildman–Crippen MR) is 75.2 cm³/mol. The average molecular weight is 294 g/mol. The van der Waals surface area contributed by atoms with E-state index < -0.39 is 0 Å². The van der Waals surface area contributed by atoms with E-state index in [2.05, 4.69) is 10.7 Å². The molecular formula is C14H16ClN3O2. The molecule has 1 aromatic rings. The molecule has 0 radical (unpaired) electrons. The summed E-state index contributed by atoms with van der Waals surface area (Å²) in [5.41, 5.74) is 3.70. The smallest absolute Gasteiger partial charge is 0.336 e. The van der Waals surface area contributed by atoms with Crippen LogP contribution in [0, 0.1) is 5.92 Å². The zero-order valence-corrected chi connectivity index (χ0v) is 11.7. The molecule has 106 valence electrons. The molecule has 1 aliphatic carbocycles. The van der Waals surface area contributed by atoms with Gasteiger partial charge in [-0.2, -0.15) is 0 Å². The molecule has 2 aliphatic rings. The van der Waals surface area contributed by atoms with Gasteiger partial charge in [0, 0.05) is 24.0 Å². The van der Waals surface area contributed by atoms with Gasteiger partial charge < -0.3 is 5.32 Å². The predicted octanol–water partition coefficient (Wildman–Crippen LogP) is 1.89. The maximum atomic E-state index is 12.1. The Kier molecular flexibility index (Phi) is 3.53. The largest absolute Gasteiger partial charge is 0.336 e. The zero-order valence-electron chi connectivity index (χ0n) is 10.9. The first kappa shape index (κ1) is 13.2. The van der Waals surface area contributed by atoms with Crippen molar-refractivity contribution in [3.8, 4) is 0 Å². The Hall–Kier alpha value is -1.75. The van der Waals surface area contributed by atoms with Gasteiger partial charge >= 0.3 is 6.03 Å². The van der Waals surface area contributed by atoms with Gasteiger partial charge in [-0.15, -0.1) is 0 Å². The molecule has 0 unspecified atom stereocenters. The van der Waals surface area contributed by atoms with Crippen molar-refractivity contribution in [1.29, 1.82) is 0 Å². The molecular weight excluding hydrogens is 278 g/mol. The monoisotopic (exact) mass is 293 g/mol. The normalized spacial score (nSPS) is 25.1. The third-order valence-electron chi connectivity index (χ3n) is 3.76. The van der Waals surface area contributed by atoms with E-state index in [0.717, 1.165) is 18.4 Å². The number of nitrogens with one attached hydrogen (secondary N) is 2. The summed E-state index contributed by atoms with van der Waals surface area (Å²) in [7, 11) is 0. The second kappa shape index (κ2) is 5.32. The van der Waals surface area contributed by atoms with Crippen LogP contribution in [-0.4, -0.2) is 30.0 Å². The van der Waals surface area contributed by atoms with Gasteiger partial charge in [-0.1, -0.05) is 29.8 Å². The van der Waals surface area contributed by atoms with Gasteiger partial charge in [0.2, 0.25) is 5.91 Å². The summed E-state index contributed by atoms with van der Waals surface area (Å²) >= 11 is 6.14. The highest BCUT2D eigenvalue weighted by Crippen LogP contribution is 2.49. The quantitative estimate of drug-likeness (QED) is 0.894. The van der Waals surface area contributed by atoms with Crippen LogP contribution in [0.15, 0.2) is 24.3 Å². The van der Waals surface area contributed by atoms with E-state index in [1.807, 2.05) is 24.3 Å². The van der Waals surface area contributed by atoms with Crippen LogP contribution in [0.1, 0.15) is 24.3 Å². The summed E-state index contributed by atoms with van der Waals surface area (Å²) in [5.74, 6) is -0.0341. The molecule has 2 N–H and O–H groups in total. The minimum absolute atomic E-state index is 0.0929. The van der Waals surface area contributed by atoms with Crippen LogP contribution in [-0.2, 0) is 4.79 Å². The molecule has 1 aromatic carbocycles. The number of nitrogens with zero attached hydrogens (tertiary/aromatic N) is 1. The van der Waals surface area contributed by atoms with Gasteiger partial charge in [-0.05, 0) is 30.4 Å². The molecule has 5 nitrogen and oxygen atoms in total. The number of urea groups is 1. The van der Waals surface area contributed by atoms with Crippen molar-refractivity contribution in [2.45, 2.75) is 18.8 Å². The second-order valence-corrected chi connectivity index (χ2v) is 5.59. The number of rotatable bonds is 3. The molecule has 3 rings (SSSR count). The van der Waals surface area contributed by atoms with Gasteiger partial charge in [-0.3, -0.25) is 10.2 Å². The lowest BCUT2D eigenvalue weighted by Crippen LogP contribution is -2.55. The van der Waals surface area contributed by atoms with Crippen LogP contribution in [0.3, 0.4) is 0 Å². The average Bonchev–Trinajstić information content (AvgIpc) is 3.22. The van der Waals surface area contributed by atoms with E-state index in [0.29, 0.717) is 18.1 Å². The van der Waals surface area contributed by atoms with Crippen molar-refractivity contribution >= 4 is 23.5 Å². The van der Waals surface area contributed by atoms with Crippen LogP contribution >= 0.6 is 11.6 Å². The first-order valence-corrected chi connectivity index (χ1v) is 7.15. The van der Waals surface area contributed by atoms with Gasteiger partial charge in [0.15, 0.2) is 0 Å². The van der Waals surface area contributed by atoms with Crippen LogP contribution in [0.2, 0.25) is 5.02 Å². The molecule has 1 heterocycles. The fourth-order valence-corrected chi connectivity index (χ4v) is 2.83. The van der Waals surface area contributed by atoms with E-state index in [-0.39, 0.29) is 23.8 Å². The van der Waals surface area contributed by atoms with E-state index in [1.165, 1.54) is 5.01 Å². The summed E-state index contributed by atoms with van der Waals surface area (Å²) in [6, 6.07) is 7.35. The van der Waals surface area contributed by atoms with Crippen LogP contribution in [0.5, 0.6) is 0 Å². The minimum atomic E-state index is -0.237. The van der Waals surface area contributed by atoms with Crippen LogP contribution in [0.25, 0.3) is 0 Å². The lowest BCUT2D eigenvalue weighted by molar-refractivity contribution is -0.126. The van der Waals surface area contributed by atoms with Crippen LogP contribution < -0.4 is 10.7 Å². The summed E-state index contributed by atoms with van der Waals surface area (Å²) in [6.45, 7) is 1.22. The lowest BCUT2D eigenvalue weighted by atomic mass is 10.1. The first-order valence-electron chi connectivity index (χ1n) is 6.77. The SMILES string of the molecule is O=C(NN1CCCNC1=O)[C@@H]1C[C@H]1c1ccccc1Cl. The van der Waals surface area contributed by atoms with E-state index in [9.17, 15) is 9.59 Å². The zero-order chi connectivity index (χ0) is 14.1. The number of hydrazine groups is 1. The summed E-state index contributed by atoms with van der Waals surface area (Å²) in [4.78, 5) is 23.7.